The van der Waals surface area contributed by atoms with Crippen LogP contribution in [-0.2, 0) is 21.2 Å². The average molecular weight is 399 g/mol. The number of hydrogen-bond donors (Lipinski definition) is 1. The Bertz CT molecular complexity index is 970. The Morgan fingerprint density at radius 1 is 1.04 bits per heavy atom. The highest BCUT2D eigenvalue weighted by molar-refractivity contribution is 7.89. The number of benzene rings is 2. The largest absolute Gasteiger partial charge is 0.348 e. The van der Waals surface area contributed by atoms with Crippen LogP contribution in [0.5, 0.6) is 0 Å². The van der Waals surface area contributed by atoms with E-state index in [1.165, 1.54) is 9.87 Å². The molecule has 0 radical (unpaired) electrons. The SMILES string of the molecule is Cc1ccc(S(=O)(=O)N2CCC[C@H]2C(=O)N[C@H]2CCCc3ccccc32)cc1. The zero-order chi connectivity index (χ0) is 19.7. The van der Waals surface area contributed by atoms with E-state index < -0.39 is 16.1 Å². The maximum atomic E-state index is 13.1. The Kier molecular flexibility index (Phi) is 5.25. The lowest BCUT2D eigenvalue weighted by atomic mass is 9.87. The zero-order valence-corrected chi connectivity index (χ0v) is 16.9. The molecule has 2 aromatic rings. The number of fused-ring (bicyclic) bond motifs is 1. The second kappa shape index (κ2) is 7.68. The van der Waals surface area contributed by atoms with Gasteiger partial charge in [-0.1, -0.05) is 42.0 Å². The van der Waals surface area contributed by atoms with Crippen LogP contribution in [0.2, 0.25) is 0 Å². The van der Waals surface area contributed by atoms with Crippen molar-refractivity contribution in [2.75, 3.05) is 6.54 Å². The van der Waals surface area contributed by atoms with Crippen LogP contribution in [0, 0.1) is 6.92 Å². The topological polar surface area (TPSA) is 66.5 Å². The fourth-order valence-corrected chi connectivity index (χ4v) is 5.96. The molecule has 4 rings (SSSR count). The minimum absolute atomic E-state index is 0.0398. The molecule has 28 heavy (non-hydrogen) atoms. The predicted molar refractivity (Wildman–Crippen MR) is 108 cm³/mol. The third kappa shape index (κ3) is 3.59. The van der Waals surface area contributed by atoms with E-state index in [0.29, 0.717) is 19.4 Å². The molecular weight excluding hydrogens is 372 g/mol. The van der Waals surface area contributed by atoms with Crippen molar-refractivity contribution < 1.29 is 13.2 Å². The van der Waals surface area contributed by atoms with Crippen LogP contribution in [-0.4, -0.2) is 31.2 Å². The normalized spacial score (nSPS) is 22.6. The van der Waals surface area contributed by atoms with Crippen molar-refractivity contribution in [2.24, 2.45) is 0 Å². The molecule has 0 spiro atoms. The van der Waals surface area contributed by atoms with Gasteiger partial charge in [0.05, 0.1) is 10.9 Å². The third-order valence-corrected chi connectivity index (χ3v) is 7.74. The molecule has 6 heteroatoms. The second-order valence-electron chi connectivity index (χ2n) is 7.74. The minimum Gasteiger partial charge on any atom is -0.348 e. The molecule has 0 bridgehead atoms. The molecule has 0 saturated carbocycles. The fraction of sp³-hybridized carbons (Fsp3) is 0.409. The van der Waals surface area contributed by atoms with Crippen molar-refractivity contribution in [1.82, 2.24) is 9.62 Å². The maximum Gasteiger partial charge on any atom is 0.243 e. The number of aryl methyl sites for hydroxylation is 2. The van der Waals surface area contributed by atoms with Crippen molar-refractivity contribution >= 4 is 15.9 Å². The lowest BCUT2D eigenvalue weighted by Gasteiger charge is -2.29. The Hall–Kier alpha value is -2.18. The highest BCUT2D eigenvalue weighted by Gasteiger charge is 2.40. The first-order valence-electron chi connectivity index (χ1n) is 9.93. The van der Waals surface area contributed by atoms with Crippen molar-refractivity contribution in [3.05, 3.63) is 65.2 Å². The van der Waals surface area contributed by atoms with Crippen LogP contribution >= 0.6 is 0 Å². The third-order valence-electron chi connectivity index (χ3n) is 5.82. The smallest absolute Gasteiger partial charge is 0.243 e. The lowest BCUT2D eigenvalue weighted by Crippen LogP contribution is -2.47. The molecule has 148 valence electrons. The molecule has 1 aliphatic carbocycles. The van der Waals surface area contributed by atoms with Gasteiger partial charge in [0, 0.05) is 6.54 Å². The number of carbonyl (C=O) groups is 1. The van der Waals surface area contributed by atoms with Crippen molar-refractivity contribution in [3.63, 3.8) is 0 Å². The van der Waals surface area contributed by atoms with Gasteiger partial charge in [0.2, 0.25) is 15.9 Å². The van der Waals surface area contributed by atoms with Gasteiger partial charge < -0.3 is 5.32 Å². The molecule has 1 N–H and O–H groups in total. The van der Waals surface area contributed by atoms with Crippen LogP contribution < -0.4 is 5.32 Å². The maximum absolute atomic E-state index is 13.1. The van der Waals surface area contributed by atoms with Crippen LogP contribution in [0.15, 0.2) is 53.4 Å². The molecule has 5 nitrogen and oxygen atoms in total. The van der Waals surface area contributed by atoms with Gasteiger partial charge in [-0.05, 0) is 62.3 Å². The monoisotopic (exact) mass is 398 g/mol. The van der Waals surface area contributed by atoms with Crippen molar-refractivity contribution in [3.8, 4) is 0 Å². The summed E-state index contributed by atoms with van der Waals surface area (Å²) in [7, 11) is -3.68. The molecule has 0 unspecified atom stereocenters. The summed E-state index contributed by atoms with van der Waals surface area (Å²) in [6.07, 6.45) is 4.20. The van der Waals surface area contributed by atoms with Gasteiger partial charge in [-0.25, -0.2) is 8.42 Å². The summed E-state index contributed by atoms with van der Waals surface area (Å²) in [6.45, 7) is 2.31. The van der Waals surface area contributed by atoms with Crippen molar-refractivity contribution in [1.29, 1.82) is 0 Å². The summed E-state index contributed by atoms with van der Waals surface area (Å²) in [4.78, 5) is 13.3. The number of carbonyl (C=O) groups excluding carboxylic acids is 1. The number of rotatable bonds is 4. The number of nitrogens with one attached hydrogen (secondary N) is 1. The van der Waals surface area contributed by atoms with Crippen molar-refractivity contribution in [2.45, 2.75) is 56.0 Å². The first-order chi connectivity index (χ1) is 13.5. The number of nitrogens with zero attached hydrogens (tertiary/aromatic N) is 1. The first-order valence-corrected chi connectivity index (χ1v) is 11.4. The quantitative estimate of drug-likeness (QED) is 0.859. The van der Waals surface area contributed by atoms with Gasteiger partial charge in [-0.2, -0.15) is 4.31 Å². The summed E-state index contributed by atoms with van der Waals surface area (Å²) in [5, 5.41) is 3.13. The van der Waals surface area contributed by atoms with Gasteiger partial charge in [-0.15, -0.1) is 0 Å². The summed E-state index contributed by atoms with van der Waals surface area (Å²) in [6, 6.07) is 14.3. The molecule has 1 heterocycles. The highest BCUT2D eigenvalue weighted by Crippen LogP contribution is 2.31. The van der Waals surface area contributed by atoms with E-state index in [-0.39, 0.29) is 16.8 Å². The predicted octanol–water partition coefficient (Wildman–Crippen LogP) is 3.34. The van der Waals surface area contributed by atoms with E-state index in [1.807, 2.05) is 19.1 Å². The van der Waals surface area contributed by atoms with Crippen LogP contribution in [0.1, 0.15) is 48.4 Å². The Morgan fingerprint density at radius 3 is 2.57 bits per heavy atom. The molecule has 1 aliphatic heterocycles. The minimum atomic E-state index is -3.68. The van der Waals surface area contributed by atoms with E-state index in [9.17, 15) is 13.2 Å². The molecule has 2 aromatic carbocycles. The van der Waals surface area contributed by atoms with E-state index in [4.69, 9.17) is 0 Å². The van der Waals surface area contributed by atoms with Gasteiger partial charge in [0.25, 0.3) is 0 Å². The van der Waals surface area contributed by atoms with Gasteiger partial charge in [0.1, 0.15) is 6.04 Å². The van der Waals surface area contributed by atoms with Crippen LogP contribution in [0.3, 0.4) is 0 Å². The van der Waals surface area contributed by atoms with E-state index in [1.54, 1.807) is 24.3 Å². The van der Waals surface area contributed by atoms with E-state index >= 15 is 0 Å². The van der Waals surface area contributed by atoms with Gasteiger partial charge in [-0.3, -0.25) is 4.79 Å². The standard InChI is InChI=1S/C22H26N2O3S/c1-16-11-13-18(14-12-16)28(26,27)24-15-5-10-21(24)22(25)23-20-9-4-7-17-6-2-3-8-19(17)20/h2-3,6,8,11-14,20-21H,4-5,7,9-10,15H2,1H3,(H,23,25)/t20-,21-/m0/s1. The summed E-state index contributed by atoms with van der Waals surface area (Å²) in [5.41, 5.74) is 3.44. The van der Waals surface area contributed by atoms with Crippen LogP contribution in [0.25, 0.3) is 0 Å². The summed E-state index contributed by atoms with van der Waals surface area (Å²) in [5.74, 6) is -0.185. The fourth-order valence-electron chi connectivity index (χ4n) is 4.31. The van der Waals surface area contributed by atoms with E-state index in [0.717, 1.165) is 30.4 Å². The summed E-state index contributed by atoms with van der Waals surface area (Å²) < 4.78 is 27.6. The lowest BCUT2D eigenvalue weighted by molar-refractivity contribution is -0.125. The van der Waals surface area contributed by atoms with E-state index in [2.05, 4.69) is 17.4 Å². The number of amides is 1. The molecule has 1 fully saturated rings. The molecule has 0 aromatic heterocycles. The summed E-state index contributed by atoms with van der Waals surface area (Å²) >= 11 is 0. The van der Waals surface area contributed by atoms with Crippen LogP contribution in [0.4, 0.5) is 0 Å². The first kappa shape index (κ1) is 19.2. The number of hydrogen-bond acceptors (Lipinski definition) is 3. The highest BCUT2D eigenvalue weighted by atomic mass is 32.2. The Morgan fingerprint density at radius 2 is 1.79 bits per heavy atom. The average Bonchev–Trinajstić information content (AvgIpc) is 3.20. The number of sulfonamides is 1. The Balaban J connectivity index is 1.54. The van der Waals surface area contributed by atoms with Gasteiger partial charge >= 0.3 is 0 Å². The molecule has 2 atom stereocenters. The zero-order valence-electron chi connectivity index (χ0n) is 16.1. The molecule has 1 amide bonds. The molecule has 2 aliphatic rings. The Labute approximate surface area is 166 Å². The molecule has 1 saturated heterocycles. The molecular formula is C22H26N2O3S. The second-order valence-corrected chi connectivity index (χ2v) is 9.63. The van der Waals surface area contributed by atoms with Gasteiger partial charge in [0.15, 0.2) is 0 Å².